The molecule has 0 aromatic carbocycles. The number of rotatable bonds is 2. The molecular weight excluding hydrogens is 214 g/mol. The normalized spacial score (nSPS) is 37.5. The minimum absolute atomic E-state index is 0.268. The second-order valence-corrected chi connectivity index (χ2v) is 5.39. The van der Waals surface area contributed by atoms with Crippen molar-refractivity contribution in [1.82, 2.24) is 4.90 Å². The summed E-state index contributed by atoms with van der Waals surface area (Å²) in [5.41, 5.74) is 0. The van der Waals surface area contributed by atoms with Gasteiger partial charge in [0.2, 0.25) is 0 Å². The minimum Gasteiger partial charge on any atom is -0.373 e. The first-order valence-corrected chi connectivity index (χ1v) is 6.90. The molecule has 1 aliphatic carbocycles. The number of hydrogen-bond acceptors (Lipinski definition) is 4. The van der Waals surface area contributed by atoms with Crippen LogP contribution in [0.15, 0.2) is 9.98 Å². The molecule has 2 aliphatic heterocycles. The average molecular weight is 235 g/mol. The van der Waals surface area contributed by atoms with Crippen molar-refractivity contribution in [3.05, 3.63) is 0 Å². The Bertz CT molecular complexity index is 319. The Balaban J connectivity index is 1.56. The number of fused-ring (bicyclic) bond motifs is 2. The van der Waals surface area contributed by atoms with E-state index in [2.05, 4.69) is 20.9 Å². The summed E-state index contributed by atoms with van der Waals surface area (Å²) >= 11 is 0. The van der Waals surface area contributed by atoms with Gasteiger partial charge < -0.3 is 4.74 Å². The van der Waals surface area contributed by atoms with Gasteiger partial charge in [-0.2, -0.15) is 0 Å². The predicted octanol–water partition coefficient (Wildman–Crippen LogP) is 1.58. The first-order chi connectivity index (χ1) is 8.42. The van der Waals surface area contributed by atoms with E-state index in [9.17, 15) is 0 Å². The number of aliphatic imine (C=N–C) groups is 2. The van der Waals surface area contributed by atoms with Crippen LogP contribution < -0.4 is 0 Å². The van der Waals surface area contributed by atoms with Crippen LogP contribution in [-0.4, -0.2) is 55.3 Å². The lowest BCUT2D eigenvalue weighted by Gasteiger charge is -2.21. The molecule has 2 heterocycles. The van der Waals surface area contributed by atoms with Crippen molar-refractivity contribution in [3.63, 3.8) is 0 Å². The zero-order valence-corrected chi connectivity index (χ0v) is 10.3. The van der Waals surface area contributed by atoms with Crippen molar-refractivity contribution in [3.8, 4) is 0 Å². The summed E-state index contributed by atoms with van der Waals surface area (Å²) in [6.45, 7) is 3.98. The van der Waals surface area contributed by atoms with Crippen LogP contribution in [0.5, 0.6) is 0 Å². The number of morpholine rings is 1. The summed E-state index contributed by atoms with van der Waals surface area (Å²) in [4.78, 5) is 11.4. The fraction of sp³-hybridized carbons (Fsp3) is 0.923. The molecule has 4 heteroatoms. The highest BCUT2D eigenvalue weighted by Gasteiger charge is 2.36. The van der Waals surface area contributed by atoms with E-state index in [1.165, 1.54) is 32.1 Å². The molecule has 0 N–H and O–H groups in total. The lowest BCUT2D eigenvalue weighted by Crippen LogP contribution is -2.34. The lowest BCUT2D eigenvalue weighted by atomic mass is 9.96. The van der Waals surface area contributed by atoms with Crippen LogP contribution in [0, 0.1) is 0 Å². The molecule has 4 nitrogen and oxygen atoms in total. The van der Waals surface area contributed by atoms with E-state index in [-0.39, 0.29) is 12.1 Å². The molecule has 0 aromatic heterocycles. The molecule has 0 radical (unpaired) electrons. The molecule has 3 unspecified atom stereocenters. The second-order valence-electron chi connectivity index (χ2n) is 5.39. The molecule has 3 fully saturated rings. The van der Waals surface area contributed by atoms with Crippen LogP contribution in [-0.2, 0) is 4.74 Å². The van der Waals surface area contributed by atoms with Crippen molar-refractivity contribution < 1.29 is 4.74 Å². The Morgan fingerprint density at radius 1 is 1.06 bits per heavy atom. The molecule has 3 aliphatic rings. The highest BCUT2D eigenvalue weighted by Crippen LogP contribution is 2.21. The van der Waals surface area contributed by atoms with Gasteiger partial charge in [-0.05, 0) is 12.8 Å². The Morgan fingerprint density at radius 3 is 2.76 bits per heavy atom. The van der Waals surface area contributed by atoms with Crippen molar-refractivity contribution in [2.45, 2.75) is 50.3 Å². The molecular formula is C13H21N3O. The smallest absolute Gasteiger partial charge is 0.101 e. The van der Waals surface area contributed by atoms with E-state index in [1.807, 2.05) is 0 Å². The van der Waals surface area contributed by atoms with E-state index >= 15 is 0 Å². The minimum atomic E-state index is 0.268. The Hall–Kier alpha value is -0.700. The van der Waals surface area contributed by atoms with Crippen LogP contribution in [0.4, 0.5) is 0 Å². The summed E-state index contributed by atoms with van der Waals surface area (Å²) in [6, 6.07) is 3.70. The molecule has 0 spiro atoms. The highest BCUT2D eigenvalue weighted by atomic mass is 16.5. The molecule has 2 saturated heterocycles. The quantitative estimate of drug-likeness (QED) is 0.681. The number of ether oxygens (including phenoxy) is 1. The van der Waals surface area contributed by atoms with E-state index in [1.54, 1.807) is 0 Å². The topological polar surface area (TPSA) is 37.2 Å². The summed E-state index contributed by atoms with van der Waals surface area (Å²) in [5.74, 6) is 0. The first-order valence-electron chi connectivity index (χ1n) is 6.90. The highest BCUT2D eigenvalue weighted by molar-refractivity contribution is 5.42. The molecule has 17 heavy (non-hydrogen) atoms. The second kappa shape index (κ2) is 5.30. The van der Waals surface area contributed by atoms with Crippen LogP contribution in [0.25, 0.3) is 0 Å². The van der Waals surface area contributed by atoms with Gasteiger partial charge >= 0.3 is 0 Å². The van der Waals surface area contributed by atoms with Crippen LogP contribution in [0.1, 0.15) is 32.1 Å². The molecule has 3 rings (SSSR count). The van der Waals surface area contributed by atoms with E-state index in [4.69, 9.17) is 4.74 Å². The van der Waals surface area contributed by atoms with Gasteiger partial charge in [0.1, 0.15) is 6.04 Å². The van der Waals surface area contributed by atoms with Gasteiger partial charge in [0.05, 0.1) is 24.8 Å². The third kappa shape index (κ3) is 2.76. The molecule has 3 atom stereocenters. The molecule has 2 bridgehead atoms. The standard InChI is InChI=1S/C13H21N3O/c1-2-4-11(5-3-1)14-10-15-12-8-16-6-7-17-13(12)9-16/h11-13H,1-9H2. The third-order valence-electron chi connectivity index (χ3n) is 4.09. The van der Waals surface area contributed by atoms with E-state index in [0.717, 1.165) is 26.2 Å². The maximum Gasteiger partial charge on any atom is 0.101 e. The monoisotopic (exact) mass is 235 g/mol. The Labute approximate surface area is 103 Å². The van der Waals surface area contributed by atoms with Crippen LogP contribution >= 0.6 is 0 Å². The Morgan fingerprint density at radius 2 is 1.94 bits per heavy atom. The molecule has 0 amide bonds. The SMILES string of the molecule is C(=NC1CCCCC1)=NC1CN2CCOC1C2. The van der Waals surface area contributed by atoms with Gasteiger partial charge in [0, 0.05) is 19.6 Å². The van der Waals surface area contributed by atoms with Crippen molar-refractivity contribution in [2.24, 2.45) is 9.98 Å². The summed E-state index contributed by atoms with van der Waals surface area (Å²) in [6.07, 6.45) is 6.74. The van der Waals surface area contributed by atoms with Crippen LogP contribution in [0.3, 0.4) is 0 Å². The summed E-state index contributed by atoms with van der Waals surface area (Å²) in [5, 5.41) is 0. The number of nitrogens with zero attached hydrogens (tertiary/aromatic N) is 3. The zero-order chi connectivity index (χ0) is 11.5. The van der Waals surface area contributed by atoms with Crippen molar-refractivity contribution in [1.29, 1.82) is 0 Å². The van der Waals surface area contributed by atoms with Crippen molar-refractivity contribution >= 4 is 6.01 Å². The lowest BCUT2D eigenvalue weighted by molar-refractivity contribution is 0.0138. The van der Waals surface area contributed by atoms with Gasteiger partial charge in [0.25, 0.3) is 0 Å². The van der Waals surface area contributed by atoms with Gasteiger partial charge in [-0.25, -0.2) is 9.98 Å². The van der Waals surface area contributed by atoms with E-state index in [0.29, 0.717) is 6.04 Å². The van der Waals surface area contributed by atoms with E-state index < -0.39 is 0 Å². The van der Waals surface area contributed by atoms with Gasteiger partial charge in [-0.1, -0.05) is 19.3 Å². The Kier molecular flexibility index (Phi) is 3.55. The molecule has 1 saturated carbocycles. The van der Waals surface area contributed by atoms with Gasteiger partial charge in [0.15, 0.2) is 0 Å². The summed E-state index contributed by atoms with van der Waals surface area (Å²) < 4.78 is 5.71. The molecule has 94 valence electrons. The van der Waals surface area contributed by atoms with Gasteiger partial charge in [-0.3, -0.25) is 4.90 Å². The maximum atomic E-state index is 5.71. The third-order valence-corrected chi connectivity index (χ3v) is 4.09. The predicted molar refractivity (Wildman–Crippen MR) is 66.7 cm³/mol. The first kappa shape index (κ1) is 11.4. The van der Waals surface area contributed by atoms with Crippen LogP contribution in [0.2, 0.25) is 0 Å². The molecule has 0 aromatic rings. The maximum absolute atomic E-state index is 5.71. The fourth-order valence-corrected chi connectivity index (χ4v) is 3.04. The fourth-order valence-electron chi connectivity index (χ4n) is 3.04. The van der Waals surface area contributed by atoms with Gasteiger partial charge in [-0.15, -0.1) is 0 Å². The largest absolute Gasteiger partial charge is 0.373 e. The zero-order valence-electron chi connectivity index (χ0n) is 10.3. The summed E-state index contributed by atoms with van der Waals surface area (Å²) in [7, 11) is 0. The van der Waals surface area contributed by atoms with Crippen molar-refractivity contribution in [2.75, 3.05) is 26.2 Å². The average Bonchev–Trinajstić information content (AvgIpc) is 2.65. The number of hydrogen-bond donors (Lipinski definition) is 0.